The zero-order valence-electron chi connectivity index (χ0n) is 26.1. The van der Waals surface area contributed by atoms with E-state index < -0.39 is 5.97 Å². The Hall–Kier alpha value is -5.50. The van der Waals surface area contributed by atoms with Gasteiger partial charge < -0.3 is 9.84 Å². The first-order chi connectivity index (χ1) is 22.9. The number of pyridine rings is 4. The largest absolute Gasteiger partial charge is 0.478 e. The van der Waals surface area contributed by atoms with Gasteiger partial charge in [-0.05, 0) is 120 Å². The number of methoxy groups -OCH3 is 1. The maximum atomic E-state index is 11.6. The van der Waals surface area contributed by atoms with E-state index in [1.807, 2.05) is 30.6 Å². The number of hydrogen-bond donors (Lipinski definition) is 1. The standard InChI is InChI=1S/C20H18N2O2.C19H16N2O2/c1-24-20(23)15-6-7-21-18(11-15)9-13-2-5-19-16(8-13)10-17(12-22-19)14-3-4-14;22-19(23)14-5-6-20-17(10-14)8-12-1-4-18-15(7-12)9-16(11-21-18)13-2-3-13/h2,5-8,10-12,14H,3-4,9H2,1H3;1,4-7,9-11,13H,2-3,8H2,(H,22,23). The first-order valence-corrected chi connectivity index (χ1v) is 15.9. The molecule has 0 saturated heterocycles. The molecule has 0 radical (unpaired) electrons. The number of rotatable bonds is 8. The molecule has 2 aliphatic rings. The van der Waals surface area contributed by atoms with Crippen LogP contribution in [0.1, 0.15) is 91.9 Å². The van der Waals surface area contributed by atoms with Gasteiger partial charge >= 0.3 is 11.9 Å². The fraction of sp³-hybridized carbons (Fsp3) is 0.231. The van der Waals surface area contributed by atoms with Gasteiger partial charge in [0.2, 0.25) is 0 Å². The fourth-order valence-electron chi connectivity index (χ4n) is 5.84. The number of benzene rings is 2. The van der Waals surface area contributed by atoms with Crippen molar-refractivity contribution >= 4 is 33.7 Å². The van der Waals surface area contributed by atoms with Crippen molar-refractivity contribution < 1.29 is 19.4 Å². The number of carbonyl (C=O) groups is 2. The van der Waals surface area contributed by atoms with E-state index in [-0.39, 0.29) is 11.5 Å². The zero-order valence-corrected chi connectivity index (χ0v) is 26.1. The van der Waals surface area contributed by atoms with Gasteiger partial charge in [-0.25, -0.2) is 9.59 Å². The number of esters is 1. The summed E-state index contributed by atoms with van der Waals surface area (Å²) in [5.74, 6) is 0.120. The molecule has 0 spiro atoms. The van der Waals surface area contributed by atoms with Gasteiger partial charge in [0.05, 0.1) is 29.3 Å². The zero-order chi connectivity index (χ0) is 32.3. The third kappa shape index (κ3) is 7.33. The van der Waals surface area contributed by atoms with Gasteiger partial charge in [-0.1, -0.05) is 12.1 Å². The molecule has 0 aliphatic heterocycles. The van der Waals surface area contributed by atoms with E-state index in [0.717, 1.165) is 38.9 Å². The summed E-state index contributed by atoms with van der Waals surface area (Å²) in [4.78, 5) is 40.4. The quantitative estimate of drug-likeness (QED) is 0.172. The summed E-state index contributed by atoms with van der Waals surface area (Å²) in [6.07, 6.45) is 13.5. The molecule has 6 aromatic rings. The number of carboxylic acid groups (broad SMARTS) is 1. The summed E-state index contributed by atoms with van der Waals surface area (Å²) in [6, 6.07) is 23.5. The molecular formula is C39H34N4O4. The highest BCUT2D eigenvalue weighted by Gasteiger charge is 2.24. The third-order valence-electron chi connectivity index (χ3n) is 8.70. The van der Waals surface area contributed by atoms with Crippen molar-refractivity contribution in [1.29, 1.82) is 0 Å². The van der Waals surface area contributed by atoms with Crippen LogP contribution >= 0.6 is 0 Å². The maximum Gasteiger partial charge on any atom is 0.337 e. The summed E-state index contributed by atoms with van der Waals surface area (Å²) in [5, 5.41) is 11.4. The van der Waals surface area contributed by atoms with E-state index in [2.05, 4.69) is 50.3 Å². The molecule has 0 unspecified atom stereocenters. The van der Waals surface area contributed by atoms with Crippen molar-refractivity contribution in [3.05, 3.63) is 142 Å². The summed E-state index contributed by atoms with van der Waals surface area (Å²) in [5.41, 5.74) is 9.35. The molecular weight excluding hydrogens is 588 g/mol. The molecule has 0 atom stereocenters. The maximum absolute atomic E-state index is 11.6. The minimum Gasteiger partial charge on any atom is -0.478 e. The Kier molecular flexibility index (Phi) is 8.40. The van der Waals surface area contributed by atoms with Crippen LogP contribution in [0.15, 0.2) is 97.6 Å². The molecule has 2 fully saturated rings. The smallest absolute Gasteiger partial charge is 0.337 e. The van der Waals surface area contributed by atoms with Crippen LogP contribution in [0.2, 0.25) is 0 Å². The predicted octanol–water partition coefficient (Wildman–Crippen LogP) is 7.68. The number of carboxylic acids is 1. The van der Waals surface area contributed by atoms with E-state index in [1.165, 1.54) is 55.4 Å². The second-order valence-corrected chi connectivity index (χ2v) is 12.4. The van der Waals surface area contributed by atoms with Crippen LogP contribution < -0.4 is 0 Å². The molecule has 47 heavy (non-hydrogen) atoms. The molecule has 1 N–H and O–H groups in total. The Morgan fingerprint density at radius 2 is 1.15 bits per heavy atom. The minimum atomic E-state index is -0.926. The molecule has 2 aromatic carbocycles. The van der Waals surface area contributed by atoms with Crippen LogP contribution in [0.4, 0.5) is 0 Å². The molecule has 234 valence electrons. The number of aromatic carboxylic acids is 1. The van der Waals surface area contributed by atoms with Gasteiger partial charge in [0.1, 0.15) is 0 Å². The van der Waals surface area contributed by atoms with Crippen LogP contribution in [0.5, 0.6) is 0 Å². The van der Waals surface area contributed by atoms with Crippen LogP contribution in [0.3, 0.4) is 0 Å². The number of hydrogen-bond acceptors (Lipinski definition) is 7. The van der Waals surface area contributed by atoms with Gasteiger partial charge in [0.15, 0.2) is 0 Å². The Morgan fingerprint density at radius 1 is 0.660 bits per heavy atom. The number of ether oxygens (including phenoxy) is 1. The molecule has 0 bridgehead atoms. The lowest BCUT2D eigenvalue weighted by molar-refractivity contribution is 0.0599. The van der Waals surface area contributed by atoms with Crippen molar-refractivity contribution in [2.45, 2.75) is 50.4 Å². The topological polar surface area (TPSA) is 115 Å². The summed E-state index contributed by atoms with van der Waals surface area (Å²) < 4.78 is 4.77. The van der Waals surface area contributed by atoms with Gasteiger partial charge in [-0.15, -0.1) is 0 Å². The summed E-state index contributed by atoms with van der Waals surface area (Å²) in [6.45, 7) is 0. The normalized spacial score (nSPS) is 14.0. The third-order valence-corrected chi connectivity index (χ3v) is 8.70. The molecule has 8 nitrogen and oxygen atoms in total. The van der Waals surface area contributed by atoms with E-state index in [4.69, 9.17) is 9.84 Å². The highest BCUT2D eigenvalue weighted by Crippen LogP contribution is 2.41. The van der Waals surface area contributed by atoms with Crippen molar-refractivity contribution in [1.82, 2.24) is 19.9 Å². The van der Waals surface area contributed by atoms with Crippen LogP contribution in [-0.4, -0.2) is 44.1 Å². The molecule has 2 saturated carbocycles. The van der Waals surface area contributed by atoms with Crippen LogP contribution in [0, 0.1) is 0 Å². The number of nitrogens with zero attached hydrogens (tertiary/aromatic N) is 4. The van der Waals surface area contributed by atoms with Gasteiger partial charge in [-0.2, -0.15) is 0 Å². The van der Waals surface area contributed by atoms with E-state index in [0.29, 0.717) is 30.2 Å². The molecule has 8 heteroatoms. The summed E-state index contributed by atoms with van der Waals surface area (Å²) >= 11 is 0. The Morgan fingerprint density at radius 3 is 1.62 bits per heavy atom. The average molecular weight is 623 g/mol. The lowest BCUT2D eigenvalue weighted by Gasteiger charge is -2.06. The van der Waals surface area contributed by atoms with E-state index in [9.17, 15) is 9.59 Å². The van der Waals surface area contributed by atoms with Gasteiger partial charge in [0, 0.05) is 59.8 Å². The molecule has 2 aliphatic carbocycles. The number of aromatic nitrogens is 4. The van der Waals surface area contributed by atoms with Crippen LogP contribution in [-0.2, 0) is 17.6 Å². The fourth-order valence-corrected chi connectivity index (χ4v) is 5.84. The second-order valence-electron chi connectivity index (χ2n) is 12.4. The highest BCUT2D eigenvalue weighted by atomic mass is 16.5. The van der Waals surface area contributed by atoms with Gasteiger partial charge in [0.25, 0.3) is 0 Å². The lowest BCUT2D eigenvalue weighted by atomic mass is 10.0. The number of carbonyl (C=O) groups excluding carboxylic acids is 1. The SMILES string of the molecule is COC(=O)c1ccnc(Cc2ccc3ncc(C4CC4)cc3c2)c1.O=C(O)c1ccnc(Cc2ccc3ncc(C4CC4)cc3c2)c1. The molecule has 0 amide bonds. The molecule has 4 heterocycles. The first kappa shape index (κ1) is 30.2. The Balaban J connectivity index is 0.000000150. The Labute approximate surface area is 272 Å². The lowest BCUT2D eigenvalue weighted by Crippen LogP contribution is -2.03. The van der Waals surface area contributed by atoms with Crippen molar-refractivity contribution in [3.8, 4) is 0 Å². The number of fused-ring (bicyclic) bond motifs is 2. The van der Waals surface area contributed by atoms with E-state index in [1.54, 1.807) is 30.6 Å². The van der Waals surface area contributed by atoms with Crippen molar-refractivity contribution in [2.75, 3.05) is 7.11 Å². The minimum absolute atomic E-state index is 0.272. The summed E-state index contributed by atoms with van der Waals surface area (Å²) in [7, 11) is 1.39. The molecule has 8 rings (SSSR count). The van der Waals surface area contributed by atoms with Crippen LogP contribution in [0.25, 0.3) is 21.8 Å². The van der Waals surface area contributed by atoms with Crippen molar-refractivity contribution in [2.24, 2.45) is 0 Å². The van der Waals surface area contributed by atoms with E-state index >= 15 is 0 Å². The molecule has 4 aromatic heterocycles. The van der Waals surface area contributed by atoms with Crippen molar-refractivity contribution in [3.63, 3.8) is 0 Å². The monoisotopic (exact) mass is 622 g/mol. The second kappa shape index (κ2) is 13.1. The highest BCUT2D eigenvalue weighted by molar-refractivity contribution is 5.89. The first-order valence-electron chi connectivity index (χ1n) is 15.9. The van der Waals surface area contributed by atoms with Gasteiger partial charge in [-0.3, -0.25) is 19.9 Å². The average Bonchev–Trinajstić information content (AvgIpc) is 4.02. The predicted molar refractivity (Wildman–Crippen MR) is 180 cm³/mol. The Bertz CT molecular complexity index is 2120.